The van der Waals surface area contributed by atoms with Crippen molar-refractivity contribution in [3.63, 3.8) is 0 Å². The average molecular weight is 274 g/mol. The number of carbonyl (C=O) groups is 1. The summed E-state index contributed by atoms with van der Waals surface area (Å²) in [7, 11) is 1.62. The van der Waals surface area contributed by atoms with E-state index in [-0.39, 0.29) is 5.91 Å². The third kappa shape index (κ3) is 4.70. The lowest BCUT2D eigenvalue weighted by molar-refractivity contribution is -0.115. The first-order chi connectivity index (χ1) is 9.78. The average Bonchev–Trinajstić information content (AvgIpc) is 2.49. The number of benzene rings is 1. The van der Waals surface area contributed by atoms with Crippen LogP contribution in [-0.2, 0) is 4.79 Å². The third-order valence-corrected chi connectivity index (χ3v) is 3.47. The smallest absolute Gasteiger partial charge is 0.238 e. The fourth-order valence-electron chi connectivity index (χ4n) is 2.31. The van der Waals surface area contributed by atoms with E-state index in [2.05, 4.69) is 22.8 Å². The molecule has 2 rings (SSSR count). The molecule has 0 saturated carbocycles. The molecule has 0 bridgehead atoms. The highest BCUT2D eigenvalue weighted by molar-refractivity contribution is 5.92. The van der Waals surface area contributed by atoms with E-state index in [1.54, 1.807) is 7.11 Å². The quantitative estimate of drug-likeness (QED) is 0.784. The van der Waals surface area contributed by atoms with Gasteiger partial charge in [-0.25, -0.2) is 0 Å². The Morgan fingerprint density at radius 1 is 1.30 bits per heavy atom. The van der Waals surface area contributed by atoms with E-state index < -0.39 is 0 Å². The van der Waals surface area contributed by atoms with Gasteiger partial charge in [-0.2, -0.15) is 0 Å². The van der Waals surface area contributed by atoms with Crippen molar-refractivity contribution in [1.82, 2.24) is 5.32 Å². The predicted octanol–water partition coefficient (Wildman–Crippen LogP) is 2.58. The van der Waals surface area contributed by atoms with Crippen LogP contribution in [0, 0.1) is 5.92 Å². The van der Waals surface area contributed by atoms with Crippen LogP contribution in [0.25, 0.3) is 0 Å². The van der Waals surface area contributed by atoms with Crippen LogP contribution >= 0.6 is 0 Å². The maximum absolute atomic E-state index is 11.8. The largest absolute Gasteiger partial charge is 0.497 e. The summed E-state index contributed by atoms with van der Waals surface area (Å²) >= 11 is 0. The van der Waals surface area contributed by atoms with Crippen LogP contribution in [0.4, 0.5) is 5.69 Å². The Bertz CT molecular complexity index is 454. The van der Waals surface area contributed by atoms with Crippen LogP contribution in [-0.4, -0.2) is 26.1 Å². The normalized spacial score (nSPS) is 17.8. The minimum absolute atomic E-state index is 0.0125. The van der Waals surface area contributed by atoms with Crippen LogP contribution in [0.5, 0.6) is 5.75 Å². The minimum atomic E-state index is -0.0125. The van der Waals surface area contributed by atoms with E-state index in [0.717, 1.165) is 30.8 Å². The highest BCUT2D eigenvalue weighted by atomic mass is 16.5. The van der Waals surface area contributed by atoms with E-state index in [0.29, 0.717) is 12.5 Å². The van der Waals surface area contributed by atoms with Crippen molar-refractivity contribution in [1.29, 1.82) is 0 Å². The highest BCUT2D eigenvalue weighted by Crippen LogP contribution is 2.17. The first-order valence-electron chi connectivity index (χ1n) is 7.07. The van der Waals surface area contributed by atoms with Crippen LogP contribution < -0.4 is 15.4 Å². The van der Waals surface area contributed by atoms with Gasteiger partial charge in [0.2, 0.25) is 5.91 Å². The Morgan fingerprint density at radius 3 is 2.75 bits per heavy atom. The number of allylic oxidation sites excluding steroid dienone is 2. The maximum Gasteiger partial charge on any atom is 0.238 e. The van der Waals surface area contributed by atoms with Crippen LogP contribution in [0.1, 0.15) is 19.3 Å². The molecule has 1 aliphatic rings. The zero-order valence-electron chi connectivity index (χ0n) is 11.9. The van der Waals surface area contributed by atoms with Gasteiger partial charge in [0.15, 0.2) is 0 Å². The van der Waals surface area contributed by atoms with Gasteiger partial charge in [0.25, 0.3) is 0 Å². The van der Waals surface area contributed by atoms with Gasteiger partial charge in [0, 0.05) is 5.69 Å². The number of anilines is 1. The molecule has 4 nitrogen and oxygen atoms in total. The first-order valence-corrected chi connectivity index (χ1v) is 7.07. The van der Waals surface area contributed by atoms with Crippen LogP contribution in [0.3, 0.4) is 0 Å². The summed E-state index contributed by atoms with van der Waals surface area (Å²) in [5.41, 5.74) is 0.790. The standard InChI is InChI=1S/C16H22N2O2/c1-20-15-9-7-14(8-10-15)18-16(19)12-17-11-13-5-3-2-4-6-13/h2-3,7-10,13,17H,4-6,11-12H2,1H3,(H,18,19). The number of carbonyl (C=O) groups excluding carboxylic acids is 1. The zero-order chi connectivity index (χ0) is 14.2. The van der Waals surface area contributed by atoms with Crippen molar-refractivity contribution in [3.8, 4) is 5.75 Å². The lowest BCUT2D eigenvalue weighted by Gasteiger charge is -2.17. The molecule has 0 aliphatic heterocycles. The Labute approximate surface area is 120 Å². The van der Waals surface area contributed by atoms with Crippen molar-refractivity contribution < 1.29 is 9.53 Å². The molecule has 0 radical (unpaired) electrons. The molecule has 0 aromatic heterocycles. The van der Waals surface area contributed by atoms with E-state index in [1.807, 2.05) is 24.3 Å². The Hall–Kier alpha value is -1.81. The fraction of sp³-hybridized carbons (Fsp3) is 0.438. The lowest BCUT2D eigenvalue weighted by Crippen LogP contribution is -2.32. The molecule has 1 unspecified atom stereocenters. The minimum Gasteiger partial charge on any atom is -0.497 e. The monoisotopic (exact) mass is 274 g/mol. The molecule has 0 fully saturated rings. The zero-order valence-corrected chi connectivity index (χ0v) is 11.9. The van der Waals surface area contributed by atoms with Gasteiger partial charge >= 0.3 is 0 Å². The van der Waals surface area contributed by atoms with Gasteiger partial charge < -0.3 is 15.4 Å². The summed E-state index contributed by atoms with van der Waals surface area (Å²) in [6.45, 7) is 1.26. The Morgan fingerprint density at radius 2 is 2.10 bits per heavy atom. The topological polar surface area (TPSA) is 50.4 Å². The third-order valence-electron chi connectivity index (χ3n) is 3.47. The number of hydrogen-bond acceptors (Lipinski definition) is 3. The molecule has 1 amide bonds. The number of ether oxygens (including phenoxy) is 1. The van der Waals surface area contributed by atoms with Gasteiger partial charge in [-0.15, -0.1) is 0 Å². The SMILES string of the molecule is COc1ccc(NC(=O)CNCC2CC=CCC2)cc1. The number of nitrogens with one attached hydrogen (secondary N) is 2. The van der Waals surface area contributed by atoms with Gasteiger partial charge in [0.05, 0.1) is 13.7 Å². The van der Waals surface area contributed by atoms with Crippen molar-refractivity contribution in [2.45, 2.75) is 19.3 Å². The summed E-state index contributed by atoms with van der Waals surface area (Å²) in [6, 6.07) is 7.33. The molecule has 0 heterocycles. The summed E-state index contributed by atoms with van der Waals surface area (Å²) in [4.78, 5) is 11.8. The second-order valence-electron chi connectivity index (χ2n) is 5.06. The van der Waals surface area contributed by atoms with E-state index in [1.165, 1.54) is 6.42 Å². The Balaban J connectivity index is 1.67. The number of hydrogen-bond donors (Lipinski definition) is 2. The van der Waals surface area contributed by atoms with Crippen LogP contribution in [0.15, 0.2) is 36.4 Å². The lowest BCUT2D eigenvalue weighted by atomic mass is 9.94. The fourth-order valence-corrected chi connectivity index (χ4v) is 2.31. The first kappa shape index (κ1) is 14.6. The molecule has 2 N–H and O–H groups in total. The molecular formula is C16H22N2O2. The van der Waals surface area contributed by atoms with Crippen molar-refractivity contribution in [2.24, 2.45) is 5.92 Å². The summed E-state index contributed by atoms with van der Waals surface area (Å²) in [5.74, 6) is 1.43. The van der Waals surface area contributed by atoms with E-state index in [4.69, 9.17) is 4.74 Å². The van der Waals surface area contributed by atoms with Gasteiger partial charge in [-0.05, 0) is 56.0 Å². The second kappa shape index (κ2) is 7.70. The Kier molecular flexibility index (Phi) is 5.62. The number of rotatable bonds is 6. The molecule has 1 aromatic carbocycles. The van der Waals surface area contributed by atoms with E-state index in [9.17, 15) is 4.79 Å². The summed E-state index contributed by atoms with van der Waals surface area (Å²) < 4.78 is 5.08. The summed E-state index contributed by atoms with van der Waals surface area (Å²) in [6.07, 6.45) is 7.95. The molecule has 4 heteroatoms. The molecule has 0 spiro atoms. The van der Waals surface area contributed by atoms with Gasteiger partial charge in [-0.3, -0.25) is 4.79 Å². The van der Waals surface area contributed by atoms with Crippen LogP contribution in [0.2, 0.25) is 0 Å². The van der Waals surface area contributed by atoms with Gasteiger partial charge in [-0.1, -0.05) is 12.2 Å². The molecule has 20 heavy (non-hydrogen) atoms. The summed E-state index contributed by atoms with van der Waals surface area (Å²) in [5, 5.41) is 6.09. The molecular weight excluding hydrogens is 252 g/mol. The van der Waals surface area contributed by atoms with Crippen molar-refractivity contribution >= 4 is 11.6 Å². The molecule has 0 saturated heterocycles. The molecule has 108 valence electrons. The van der Waals surface area contributed by atoms with Gasteiger partial charge in [0.1, 0.15) is 5.75 Å². The predicted molar refractivity (Wildman–Crippen MR) is 81.0 cm³/mol. The molecule has 1 aliphatic carbocycles. The maximum atomic E-state index is 11.8. The highest BCUT2D eigenvalue weighted by Gasteiger charge is 2.10. The van der Waals surface area contributed by atoms with Crippen molar-refractivity contribution in [2.75, 3.05) is 25.5 Å². The second-order valence-corrected chi connectivity index (χ2v) is 5.06. The molecule has 1 atom stereocenters. The van der Waals surface area contributed by atoms with E-state index >= 15 is 0 Å². The number of methoxy groups -OCH3 is 1. The molecule has 1 aromatic rings. The van der Waals surface area contributed by atoms with Crippen molar-refractivity contribution in [3.05, 3.63) is 36.4 Å². The number of amides is 1.